The molecule has 0 unspecified atom stereocenters. The summed E-state index contributed by atoms with van der Waals surface area (Å²) >= 11 is 0. The van der Waals surface area contributed by atoms with Gasteiger partial charge in [-0.15, -0.1) is 0 Å². The molecule has 23 heavy (non-hydrogen) atoms. The zero-order chi connectivity index (χ0) is 15.6. The van der Waals surface area contributed by atoms with Crippen LogP contribution in [0.1, 0.15) is 43.2 Å². The molecule has 0 spiro atoms. The molecule has 122 valence electrons. The second kappa shape index (κ2) is 6.28. The fourth-order valence-electron chi connectivity index (χ4n) is 3.33. The molecule has 2 fully saturated rings. The van der Waals surface area contributed by atoms with Crippen LogP contribution in [0.15, 0.2) is 24.8 Å². The standard InChI is InChI=1S/C17H24N6/c1-13-10-16(20-12-19-13)21-14-4-7-22(8-5-14)11-17-18-6-9-23(17)15-2-3-15/h6,9-10,12,14-15H,2-5,7-8,11H2,1H3,(H,19,20,21). The maximum absolute atomic E-state index is 4.56. The predicted molar refractivity (Wildman–Crippen MR) is 89.2 cm³/mol. The van der Waals surface area contributed by atoms with Crippen molar-refractivity contribution in [3.63, 3.8) is 0 Å². The summed E-state index contributed by atoms with van der Waals surface area (Å²) in [7, 11) is 0. The molecule has 1 aliphatic carbocycles. The van der Waals surface area contributed by atoms with E-state index >= 15 is 0 Å². The smallest absolute Gasteiger partial charge is 0.129 e. The Kier molecular flexibility index (Phi) is 3.99. The number of nitrogens with zero attached hydrogens (tertiary/aromatic N) is 5. The largest absolute Gasteiger partial charge is 0.367 e. The fraction of sp³-hybridized carbons (Fsp3) is 0.588. The first-order valence-corrected chi connectivity index (χ1v) is 8.57. The zero-order valence-corrected chi connectivity index (χ0v) is 13.6. The molecule has 6 nitrogen and oxygen atoms in total. The van der Waals surface area contributed by atoms with Crippen LogP contribution in [0.5, 0.6) is 0 Å². The Morgan fingerprint density at radius 3 is 2.70 bits per heavy atom. The maximum atomic E-state index is 4.56. The third-order valence-corrected chi connectivity index (χ3v) is 4.80. The predicted octanol–water partition coefficient (Wildman–Crippen LogP) is 2.39. The first-order valence-electron chi connectivity index (χ1n) is 8.57. The van der Waals surface area contributed by atoms with E-state index in [-0.39, 0.29) is 0 Å². The van der Waals surface area contributed by atoms with Crippen LogP contribution in [0.4, 0.5) is 5.82 Å². The monoisotopic (exact) mass is 312 g/mol. The van der Waals surface area contributed by atoms with E-state index in [1.165, 1.54) is 18.7 Å². The lowest BCUT2D eigenvalue weighted by Crippen LogP contribution is -2.39. The quantitative estimate of drug-likeness (QED) is 0.918. The van der Waals surface area contributed by atoms with Crippen molar-refractivity contribution in [2.24, 2.45) is 0 Å². The molecule has 6 heteroatoms. The molecule has 1 saturated carbocycles. The van der Waals surface area contributed by atoms with Crippen molar-refractivity contribution in [2.45, 2.75) is 51.2 Å². The molecule has 2 aromatic rings. The summed E-state index contributed by atoms with van der Waals surface area (Å²) in [6.07, 6.45) is 10.6. The molecule has 0 amide bonds. The summed E-state index contributed by atoms with van der Waals surface area (Å²) in [4.78, 5) is 15.5. The average Bonchev–Trinajstić information content (AvgIpc) is 3.29. The minimum Gasteiger partial charge on any atom is -0.367 e. The highest BCUT2D eigenvalue weighted by Crippen LogP contribution is 2.35. The van der Waals surface area contributed by atoms with Gasteiger partial charge in [-0.05, 0) is 32.6 Å². The van der Waals surface area contributed by atoms with Gasteiger partial charge >= 0.3 is 0 Å². The summed E-state index contributed by atoms with van der Waals surface area (Å²) in [5.41, 5.74) is 1.01. The number of imidazole rings is 1. The van der Waals surface area contributed by atoms with Gasteiger partial charge in [0.2, 0.25) is 0 Å². The number of nitrogens with one attached hydrogen (secondary N) is 1. The van der Waals surface area contributed by atoms with Crippen LogP contribution >= 0.6 is 0 Å². The van der Waals surface area contributed by atoms with Crippen molar-refractivity contribution in [1.29, 1.82) is 0 Å². The number of aryl methyl sites for hydroxylation is 1. The lowest BCUT2D eigenvalue weighted by molar-refractivity contribution is 0.204. The second-order valence-corrected chi connectivity index (χ2v) is 6.72. The van der Waals surface area contributed by atoms with E-state index in [1.54, 1.807) is 6.33 Å². The Morgan fingerprint density at radius 1 is 1.13 bits per heavy atom. The summed E-state index contributed by atoms with van der Waals surface area (Å²) in [6, 6.07) is 3.23. The average molecular weight is 312 g/mol. The molecule has 0 atom stereocenters. The summed E-state index contributed by atoms with van der Waals surface area (Å²) in [5.74, 6) is 2.17. The highest BCUT2D eigenvalue weighted by molar-refractivity contribution is 5.35. The van der Waals surface area contributed by atoms with Crippen LogP contribution in [-0.2, 0) is 6.54 Å². The molecule has 3 heterocycles. The zero-order valence-electron chi connectivity index (χ0n) is 13.6. The highest BCUT2D eigenvalue weighted by Gasteiger charge is 2.27. The van der Waals surface area contributed by atoms with Crippen LogP contribution in [-0.4, -0.2) is 43.6 Å². The first kappa shape index (κ1) is 14.6. The highest BCUT2D eigenvalue weighted by atomic mass is 15.2. The van der Waals surface area contributed by atoms with Gasteiger partial charge < -0.3 is 9.88 Å². The molecule has 2 aromatic heterocycles. The molecular formula is C17H24N6. The minimum atomic E-state index is 0.503. The second-order valence-electron chi connectivity index (χ2n) is 6.72. The van der Waals surface area contributed by atoms with E-state index in [0.29, 0.717) is 12.1 Å². The van der Waals surface area contributed by atoms with Gasteiger partial charge in [0, 0.05) is 49.3 Å². The van der Waals surface area contributed by atoms with Crippen LogP contribution in [0.3, 0.4) is 0 Å². The van der Waals surface area contributed by atoms with Gasteiger partial charge in [-0.1, -0.05) is 0 Å². The number of likely N-dealkylation sites (tertiary alicyclic amines) is 1. The van der Waals surface area contributed by atoms with Gasteiger partial charge in [0.15, 0.2) is 0 Å². The van der Waals surface area contributed by atoms with Crippen molar-refractivity contribution in [2.75, 3.05) is 18.4 Å². The van der Waals surface area contributed by atoms with E-state index in [9.17, 15) is 0 Å². The van der Waals surface area contributed by atoms with Crippen molar-refractivity contribution < 1.29 is 0 Å². The number of hydrogen-bond acceptors (Lipinski definition) is 5. The molecule has 2 aliphatic rings. The lowest BCUT2D eigenvalue weighted by atomic mass is 10.1. The van der Waals surface area contributed by atoms with E-state index in [0.717, 1.165) is 44.0 Å². The van der Waals surface area contributed by atoms with Crippen LogP contribution in [0.2, 0.25) is 0 Å². The van der Waals surface area contributed by atoms with Gasteiger partial charge in [-0.2, -0.15) is 0 Å². The molecule has 0 radical (unpaired) electrons. The number of rotatable bonds is 5. The van der Waals surface area contributed by atoms with Gasteiger partial charge in [0.05, 0.1) is 6.54 Å². The Morgan fingerprint density at radius 2 is 1.96 bits per heavy atom. The van der Waals surface area contributed by atoms with Crippen molar-refractivity contribution in [1.82, 2.24) is 24.4 Å². The SMILES string of the molecule is Cc1cc(NC2CCN(Cc3nccn3C3CC3)CC2)ncn1. The minimum absolute atomic E-state index is 0.503. The summed E-state index contributed by atoms with van der Waals surface area (Å²) < 4.78 is 2.37. The van der Waals surface area contributed by atoms with Gasteiger partial charge in [0.25, 0.3) is 0 Å². The van der Waals surface area contributed by atoms with Crippen molar-refractivity contribution >= 4 is 5.82 Å². The van der Waals surface area contributed by atoms with Crippen molar-refractivity contribution in [3.8, 4) is 0 Å². The Labute approximate surface area is 137 Å². The fourth-order valence-corrected chi connectivity index (χ4v) is 3.33. The number of aromatic nitrogens is 4. The molecule has 0 aromatic carbocycles. The lowest BCUT2D eigenvalue weighted by Gasteiger charge is -2.32. The molecule has 1 aliphatic heterocycles. The van der Waals surface area contributed by atoms with Gasteiger partial charge in [-0.25, -0.2) is 15.0 Å². The Balaban J connectivity index is 1.29. The summed E-state index contributed by atoms with van der Waals surface area (Å²) in [5, 5.41) is 3.54. The number of piperidine rings is 1. The molecule has 0 bridgehead atoms. The van der Waals surface area contributed by atoms with E-state index in [2.05, 4.69) is 35.9 Å². The number of anilines is 1. The molecule has 1 saturated heterocycles. The molecule has 1 N–H and O–H groups in total. The third-order valence-electron chi connectivity index (χ3n) is 4.80. The number of hydrogen-bond donors (Lipinski definition) is 1. The van der Waals surface area contributed by atoms with Crippen molar-refractivity contribution in [3.05, 3.63) is 36.3 Å². The topological polar surface area (TPSA) is 58.9 Å². The van der Waals surface area contributed by atoms with Crippen LogP contribution in [0.25, 0.3) is 0 Å². The third kappa shape index (κ3) is 3.52. The summed E-state index contributed by atoms with van der Waals surface area (Å²) in [6.45, 7) is 5.19. The first-order chi connectivity index (χ1) is 11.3. The molecule has 4 rings (SSSR count). The Hall–Kier alpha value is -1.95. The van der Waals surface area contributed by atoms with Gasteiger partial charge in [-0.3, -0.25) is 4.90 Å². The van der Waals surface area contributed by atoms with Crippen LogP contribution < -0.4 is 5.32 Å². The van der Waals surface area contributed by atoms with E-state index in [1.807, 2.05) is 19.2 Å². The normalized spacial score (nSPS) is 19.9. The molecular weight excluding hydrogens is 288 g/mol. The van der Waals surface area contributed by atoms with E-state index in [4.69, 9.17) is 0 Å². The van der Waals surface area contributed by atoms with Crippen LogP contribution in [0, 0.1) is 6.92 Å². The van der Waals surface area contributed by atoms with E-state index < -0.39 is 0 Å². The van der Waals surface area contributed by atoms with Gasteiger partial charge in [0.1, 0.15) is 18.0 Å². The Bertz CT molecular complexity index is 655. The maximum Gasteiger partial charge on any atom is 0.129 e.